The molecule has 6 heteroatoms. The Bertz CT molecular complexity index is 1000. The molecule has 0 radical (unpaired) electrons. The number of benzene rings is 1. The van der Waals surface area contributed by atoms with E-state index >= 15 is 0 Å². The molecule has 0 spiro atoms. The molecule has 0 bridgehead atoms. The Morgan fingerprint density at radius 2 is 1.77 bits per heavy atom. The van der Waals surface area contributed by atoms with Crippen molar-refractivity contribution in [3.05, 3.63) is 57.3 Å². The molecule has 0 unspecified atom stereocenters. The molecule has 190 valence electrons. The average molecular weight is 496 g/mol. The standard InChI is InChI=1S/C29H41N3O2S/c1-4-6-11-23(5-2)29(34)31-16-9-15-30(18-19-31)27(33)21-32-17-13-26-25(14-20-35-26)28(32)24-12-8-7-10-22(24)3/h7-8,10,12,14,20,23,28H,4-6,9,11,13,15-19,21H2,1-3H3/t23-,28-/m0/s1. The van der Waals surface area contributed by atoms with Gasteiger partial charge in [-0.2, -0.15) is 0 Å². The molecule has 2 aromatic rings. The smallest absolute Gasteiger partial charge is 0.236 e. The third kappa shape index (κ3) is 5.97. The van der Waals surface area contributed by atoms with Crippen LogP contribution in [0.5, 0.6) is 0 Å². The van der Waals surface area contributed by atoms with Gasteiger partial charge in [0.15, 0.2) is 0 Å². The Morgan fingerprint density at radius 1 is 1.00 bits per heavy atom. The number of amides is 2. The van der Waals surface area contributed by atoms with E-state index in [0.717, 1.165) is 58.2 Å². The number of carbonyl (C=O) groups is 2. The maximum Gasteiger partial charge on any atom is 0.236 e. The number of aryl methyl sites for hydroxylation is 1. The first kappa shape index (κ1) is 25.9. The van der Waals surface area contributed by atoms with Crippen LogP contribution in [0, 0.1) is 12.8 Å². The maximum absolute atomic E-state index is 13.5. The quantitative estimate of drug-likeness (QED) is 0.500. The molecule has 4 rings (SSSR count). The molecule has 35 heavy (non-hydrogen) atoms. The van der Waals surface area contributed by atoms with E-state index in [-0.39, 0.29) is 23.8 Å². The Labute approximate surface area is 215 Å². The number of rotatable bonds is 8. The Balaban J connectivity index is 1.43. The van der Waals surface area contributed by atoms with E-state index in [1.165, 1.54) is 21.6 Å². The first-order valence-electron chi connectivity index (χ1n) is 13.5. The van der Waals surface area contributed by atoms with E-state index < -0.39 is 0 Å². The van der Waals surface area contributed by atoms with Crippen LogP contribution in [0.1, 0.15) is 73.6 Å². The summed E-state index contributed by atoms with van der Waals surface area (Å²) in [5.41, 5.74) is 3.92. The highest BCUT2D eigenvalue weighted by Gasteiger charge is 2.33. The zero-order valence-electron chi connectivity index (χ0n) is 21.7. The van der Waals surface area contributed by atoms with Crippen molar-refractivity contribution in [3.8, 4) is 0 Å². The predicted molar refractivity (Wildman–Crippen MR) is 144 cm³/mol. The molecule has 2 atom stereocenters. The number of nitrogens with zero attached hydrogens (tertiary/aromatic N) is 3. The lowest BCUT2D eigenvalue weighted by molar-refractivity contribution is -0.137. The van der Waals surface area contributed by atoms with Crippen molar-refractivity contribution in [1.29, 1.82) is 0 Å². The van der Waals surface area contributed by atoms with Gasteiger partial charge >= 0.3 is 0 Å². The Hall–Kier alpha value is -2.18. The maximum atomic E-state index is 13.5. The first-order valence-corrected chi connectivity index (χ1v) is 14.3. The Morgan fingerprint density at radius 3 is 2.54 bits per heavy atom. The van der Waals surface area contributed by atoms with Crippen molar-refractivity contribution in [3.63, 3.8) is 0 Å². The van der Waals surface area contributed by atoms with Gasteiger partial charge < -0.3 is 9.80 Å². The third-order valence-corrected chi connectivity index (χ3v) is 8.79. The zero-order chi connectivity index (χ0) is 24.8. The summed E-state index contributed by atoms with van der Waals surface area (Å²) in [5.74, 6) is 0.602. The van der Waals surface area contributed by atoms with Crippen LogP contribution in [0.3, 0.4) is 0 Å². The fourth-order valence-corrected chi connectivity index (χ4v) is 6.57. The number of hydrogen-bond acceptors (Lipinski definition) is 4. The second-order valence-electron chi connectivity index (χ2n) is 10.1. The summed E-state index contributed by atoms with van der Waals surface area (Å²) in [6.45, 7) is 10.6. The highest BCUT2D eigenvalue weighted by molar-refractivity contribution is 7.10. The predicted octanol–water partition coefficient (Wildman–Crippen LogP) is 5.28. The SMILES string of the molecule is CCCC[C@H](CC)C(=O)N1CCCN(C(=O)CN2CCc3sccc3[C@@H]2c2ccccc2C)CC1. The minimum absolute atomic E-state index is 0.125. The molecule has 1 saturated heterocycles. The second-order valence-corrected chi connectivity index (χ2v) is 11.1. The summed E-state index contributed by atoms with van der Waals surface area (Å²) in [6, 6.07) is 10.9. The van der Waals surface area contributed by atoms with Gasteiger partial charge in [0.1, 0.15) is 0 Å². The first-order chi connectivity index (χ1) is 17.0. The van der Waals surface area contributed by atoms with Crippen molar-refractivity contribution in [2.45, 2.75) is 65.3 Å². The van der Waals surface area contributed by atoms with Crippen molar-refractivity contribution in [2.75, 3.05) is 39.3 Å². The molecule has 0 N–H and O–H groups in total. The fourth-order valence-electron chi connectivity index (χ4n) is 5.67. The van der Waals surface area contributed by atoms with Gasteiger partial charge in [-0.15, -0.1) is 11.3 Å². The number of hydrogen-bond donors (Lipinski definition) is 0. The summed E-state index contributed by atoms with van der Waals surface area (Å²) in [6.07, 6.45) is 5.96. The summed E-state index contributed by atoms with van der Waals surface area (Å²) < 4.78 is 0. The van der Waals surface area contributed by atoms with Crippen molar-refractivity contribution in [1.82, 2.24) is 14.7 Å². The van der Waals surface area contributed by atoms with Crippen LogP contribution >= 0.6 is 11.3 Å². The molecule has 1 aromatic heterocycles. The molecule has 0 aliphatic carbocycles. The molecule has 1 aromatic carbocycles. The summed E-state index contributed by atoms with van der Waals surface area (Å²) in [7, 11) is 0. The van der Waals surface area contributed by atoms with E-state index in [0.29, 0.717) is 19.6 Å². The number of fused-ring (bicyclic) bond motifs is 1. The largest absolute Gasteiger partial charge is 0.341 e. The van der Waals surface area contributed by atoms with Crippen molar-refractivity contribution in [2.24, 2.45) is 5.92 Å². The number of carbonyl (C=O) groups excluding carboxylic acids is 2. The van der Waals surface area contributed by atoms with E-state index in [2.05, 4.69) is 61.4 Å². The van der Waals surface area contributed by atoms with E-state index in [4.69, 9.17) is 0 Å². The molecule has 0 saturated carbocycles. The van der Waals surface area contributed by atoms with Gasteiger partial charge in [-0.3, -0.25) is 14.5 Å². The van der Waals surface area contributed by atoms with Gasteiger partial charge in [-0.05, 0) is 60.7 Å². The summed E-state index contributed by atoms with van der Waals surface area (Å²) >= 11 is 1.83. The van der Waals surface area contributed by atoms with Gasteiger partial charge in [-0.1, -0.05) is 51.0 Å². The average Bonchev–Trinajstić information content (AvgIpc) is 3.20. The highest BCUT2D eigenvalue weighted by Crippen LogP contribution is 2.38. The molecular weight excluding hydrogens is 454 g/mol. The van der Waals surface area contributed by atoms with E-state index in [1.807, 2.05) is 21.1 Å². The van der Waals surface area contributed by atoms with Crippen LogP contribution in [0.15, 0.2) is 35.7 Å². The summed E-state index contributed by atoms with van der Waals surface area (Å²) in [4.78, 5) is 34.5. The summed E-state index contributed by atoms with van der Waals surface area (Å²) in [5, 5.41) is 2.19. The van der Waals surface area contributed by atoms with Gasteiger partial charge in [0.05, 0.1) is 12.6 Å². The van der Waals surface area contributed by atoms with Crippen LogP contribution in [0.2, 0.25) is 0 Å². The monoisotopic (exact) mass is 495 g/mol. The van der Waals surface area contributed by atoms with E-state index in [1.54, 1.807) is 0 Å². The fraction of sp³-hybridized carbons (Fsp3) is 0.586. The molecule has 3 heterocycles. The third-order valence-electron chi connectivity index (χ3n) is 7.80. The minimum atomic E-state index is 0.125. The van der Waals surface area contributed by atoms with Crippen LogP contribution in [-0.2, 0) is 16.0 Å². The van der Waals surface area contributed by atoms with Gasteiger partial charge in [0.2, 0.25) is 11.8 Å². The normalized spacial score (nSPS) is 19.8. The van der Waals surface area contributed by atoms with Gasteiger partial charge in [0, 0.05) is 43.5 Å². The number of thiophene rings is 1. The Kier molecular flexibility index (Phi) is 9.01. The lowest BCUT2D eigenvalue weighted by atomic mass is 9.90. The topological polar surface area (TPSA) is 43.9 Å². The van der Waals surface area contributed by atoms with Crippen molar-refractivity contribution >= 4 is 23.2 Å². The molecule has 5 nitrogen and oxygen atoms in total. The van der Waals surface area contributed by atoms with Gasteiger partial charge in [-0.25, -0.2) is 0 Å². The number of unbranched alkanes of at least 4 members (excludes halogenated alkanes) is 1. The molecule has 1 fully saturated rings. The molecule has 2 amide bonds. The van der Waals surface area contributed by atoms with Gasteiger partial charge in [0.25, 0.3) is 0 Å². The van der Waals surface area contributed by atoms with E-state index in [9.17, 15) is 9.59 Å². The molecular formula is C29H41N3O2S. The van der Waals surface area contributed by atoms with Crippen LogP contribution < -0.4 is 0 Å². The second kappa shape index (κ2) is 12.2. The molecule has 2 aliphatic heterocycles. The molecule has 2 aliphatic rings. The highest BCUT2D eigenvalue weighted by atomic mass is 32.1. The minimum Gasteiger partial charge on any atom is -0.341 e. The van der Waals surface area contributed by atoms with Crippen LogP contribution in [0.4, 0.5) is 0 Å². The lowest BCUT2D eigenvalue weighted by Crippen LogP contribution is -2.46. The lowest BCUT2D eigenvalue weighted by Gasteiger charge is -2.37. The van der Waals surface area contributed by atoms with Crippen LogP contribution in [0.25, 0.3) is 0 Å². The van der Waals surface area contributed by atoms with Crippen molar-refractivity contribution < 1.29 is 9.59 Å². The van der Waals surface area contributed by atoms with Crippen LogP contribution in [-0.4, -0.2) is 65.8 Å². The zero-order valence-corrected chi connectivity index (χ0v) is 22.5.